The first-order valence-electron chi connectivity index (χ1n) is 9.92. The van der Waals surface area contributed by atoms with Crippen LogP contribution in [-0.4, -0.2) is 33.0 Å². The molecule has 4 rings (SSSR count). The topological polar surface area (TPSA) is 98.2 Å². The highest BCUT2D eigenvalue weighted by Crippen LogP contribution is 2.23. The minimum absolute atomic E-state index is 0.0586. The Labute approximate surface area is 177 Å². The molecule has 3 aromatic rings. The van der Waals surface area contributed by atoms with Gasteiger partial charge in [0.1, 0.15) is 11.0 Å². The Balaban J connectivity index is 1.24. The fraction of sp³-hybridized carbons (Fsp3) is 0.318. The van der Waals surface area contributed by atoms with Crippen LogP contribution in [0.1, 0.15) is 47.2 Å². The number of nitrogens with one attached hydrogen (secondary N) is 1. The highest BCUT2D eigenvalue weighted by Gasteiger charge is 2.16. The first-order valence-corrected chi connectivity index (χ1v) is 10.6. The molecule has 0 aliphatic heterocycles. The Bertz CT molecular complexity index is 1110. The maximum atomic E-state index is 12.4. The third-order valence-corrected chi connectivity index (χ3v) is 5.69. The molecule has 1 aliphatic carbocycles. The van der Waals surface area contributed by atoms with Crippen LogP contribution in [0.2, 0.25) is 0 Å². The first-order chi connectivity index (χ1) is 14.6. The Hall–Kier alpha value is -3.13. The molecule has 0 radical (unpaired) electrons. The molecule has 0 saturated heterocycles. The number of hydrogen-bond acceptors (Lipinski definition) is 7. The number of carbonyl (C=O) groups excluding carboxylic acids is 3. The summed E-state index contributed by atoms with van der Waals surface area (Å²) in [6.07, 6.45) is 4.39. The molecule has 30 heavy (non-hydrogen) atoms. The van der Waals surface area contributed by atoms with Crippen LogP contribution in [0.5, 0.6) is 0 Å². The van der Waals surface area contributed by atoms with E-state index in [1.165, 1.54) is 17.5 Å². The molecule has 0 atom stereocenters. The number of aromatic nitrogens is 2. The summed E-state index contributed by atoms with van der Waals surface area (Å²) in [5.41, 5.74) is 4.98. The molecule has 0 saturated carbocycles. The van der Waals surface area contributed by atoms with Crippen molar-refractivity contribution in [2.45, 2.75) is 38.5 Å². The molecule has 0 unspecified atom stereocenters. The molecule has 1 N–H and O–H groups in total. The standard InChI is InChI=1S/C22H21N3O4S/c26-19(16-9-8-14-4-1-2-5-15(14)12-16)10-11-21(28)29-13-20(27)23-17-6-3-7-18-22(17)25-30-24-18/h3,6-9,12H,1-2,4-5,10-11,13H2,(H,23,27). The lowest BCUT2D eigenvalue weighted by molar-refractivity contribution is -0.147. The van der Waals surface area contributed by atoms with Crippen molar-refractivity contribution in [3.63, 3.8) is 0 Å². The average Bonchev–Trinajstić information content (AvgIpc) is 3.25. The number of hydrogen-bond donors (Lipinski definition) is 1. The summed E-state index contributed by atoms with van der Waals surface area (Å²) in [4.78, 5) is 36.5. The van der Waals surface area contributed by atoms with Gasteiger partial charge in [0.25, 0.3) is 5.91 Å². The maximum absolute atomic E-state index is 12.4. The number of Topliss-reactive ketones (excluding diaryl/α,β-unsaturated/α-hetero) is 1. The number of ketones is 1. The Morgan fingerprint density at radius 3 is 2.70 bits per heavy atom. The fourth-order valence-corrected chi connectivity index (χ4v) is 4.13. The van der Waals surface area contributed by atoms with E-state index in [1.54, 1.807) is 18.2 Å². The molecule has 0 bridgehead atoms. The number of esters is 1. The molecule has 0 fully saturated rings. The van der Waals surface area contributed by atoms with E-state index in [4.69, 9.17) is 4.74 Å². The molecular weight excluding hydrogens is 402 g/mol. The molecule has 2 aromatic carbocycles. The zero-order valence-corrected chi connectivity index (χ0v) is 17.2. The summed E-state index contributed by atoms with van der Waals surface area (Å²) in [5, 5.41) is 2.67. The molecule has 1 aliphatic rings. The van der Waals surface area contributed by atoms with Crippen LogP contribution in [0, 0.1) is 0 Å². The van der Waals surface area contributed by atoms with E-state index < -0.39 is 18.5 Å². The molecule has 1 aromatic heterocycles. The minimum atomic E-state index is -0.579. The van der Waals surface area contributed by atoms with Gasteiger partial charge in [0.2, 0.25) is 0 Å². The van der Waals surface area contributed by atoms with Crippen molar-refractivity contribution >= 4 is 46.1 Å². The van der Waals surface area contributed by atoms with E-state index in [1.807, 2.05) is 18.2 Å². The van der Waals surface area contributed by atoms with E-state index in [-0.39, 0.29) is 18.6 Å². The largest absolute Gasteiger partial charge is 0.456 e. The van der Waals surface area contributed by atoms with Gasteiger partial charge in [-0.2, -0.15) is 8.75 Å². The van der Waals surface area contributed by atoms with Crippen molar-refractivity contribution in [1.82, 2.24) is 8.75 Å². The van der Waals surface area contributed by atoms with E-state index in [0.717, 1.165) is 31.0 Å². The van der Waals surface area contributed by atoms with Crippen molar-refractivity contribution < 1.29 is 19.1 Å². The molecule has 1 amide bonds. The van der Waals surface area contributed by atoms with Crippen molar-refractivity contribution in [2.75, 3.05) is 11.9 Å². The normalized spacial score (nSPS) is 12.9. The van der Waals surface area contributed by atoms with Gasteiger partial charge in [-0.1, -0.05) is 18.2 Å². The summed E-state index contributed by atoms with van der Waals surface area (Å²) in [6.45, 7) is -0.417. The molecule has 0 spiro atoms. The van der Waals surface area contributed by atoms with Gasteiger partial charge in [-0.3, -0.25) is 14.4 Å². The SMILES string of the molecule is O=C(COC(=O)CCC(=O)c1ccc2c(c1)CCCC2)Nc1cccc2nsnc12. The first kappa shape index (κ1) is 20.2. The average molecular weight is 423 g/mol. The van der Waals surface area contributed by atoms with Gasteiger partial charge in [-0.05, 0) is 55.0 Å². The summed E-state index contributed by atoms with van der Waals surface area (Å²) < 4.78 is 13.3. The van der Waals surface area contributed by atoms with Crippen molar-refractivity contribution in [2.24, 2.45) is 0 Å². The van der Waals surface area contributed by atoms with E-state index in [2.05, 4.69) is 14.1 Å². The molecule has 8 heteroatoms. The lowest BCUT2D eigenvalue weighted by Crippen LogP contribution is -2.21. The van der Waals surface area contributed by atoms with E-state index in [9.17, 15) is 14.4 Å². The number of anilines is 1. The number of amides is 1. The van der Waals surface area contributed by atoms with Crippen LogP contribution >= 0.6 is 11.7 Å². The van der Waals surface area contributed by atoms with Gasteiger partial charge in [-0.15, -0.1) is 0 Å². The predicted molar refractivity (Wildman–Crippen MR) is 114 cm³/mol. The van der Waals surface area contributed by atoms with Gasteiger partial charge < -0.3 is 10.1 Å². The van der Waals surface area contributed by atoms with E-state index >= 15 is 0 Å². The summed E-state index contributed by atoms with van der Waals surface area (Å²) >= 11 is 1.06. The number of benzene rings is 2. The van der Waals surface area contributed by atoms with Crippen LogP contribution in [0.15, 0.2) is 36.4 Å². The van der Waals surface area contributed by atoms with Gasteiger partial charge >= 0.3 is 5.97 Å². The fourth-order valence-electron chi connectivity index (χ4n) is 3.58. The van der Waals surface area contributed by atoms with Crippen molar-refractivity contribution in [1.29, 1.82) is 0 Å². The van der Waals surface area contributed by atoms with Gasteiger partial charge in [0.05, 0.1) is 23.8 Å². The van der Waals surface area contributed by atoms with Gasteiger partial charge in [0.15, 0.2) is 12.4 Å². The van der Waals surface area contributed by atoms with Crippen molar-refractivity contribution in [3.05, 3.63) is 53.1 Å². The van der Waals surface area contributed by atoms with E-state index in [0.29, 0.717) is 22.3 Å². The molecular formula is C22H21N3O4S. The quantitative estimate of drug-likeness (QED) is 0.459. The van der Waals surface area contributed by atoms with Crippen LogP contribution in [0.3, 0.4) is 0 Å². The molecule has 1 heterocycles. The number of carbonyl (C=O) groups is 3. The second-order valence-corrected chi connectivity index (χ2v) is 7.79. The van der Waals surface area contributed by atoms with Crippen LogP contribution in [0.4, 0.5) is 5.69 Å². The van der Waals surface area contributed by atoms with Gasteiger partial charge in [0, 0.05) is 12.0 Å². The lowest BCUT2D eigenvalue weighted by Gasteiger charge is -2.16. The van der Waals surface area contributed by atoms with Gasteiger partial charge in [-0.25, -0.2) is 0 Å². The zero-order chi connectivity index (χ0) is 20.9. The van der Waals surface area contributed by atoms with Crippen LogP contribution in [-0.2, 0) is 27.2 Å². The predicted octanol–water partition coefficient (Wildman–Crippen LogP) is 3.71. The summed E-state index contributed by atoms with van der Waals surface area (Å²) in [7, 11) is 0. The second-order valence-electron chi connectivity index (χ2n) is 7.26. The number of aryl methyl sites for hydroxylation is 2. The highest BCUT2D eigenvalue weighted by molar-refractivity contribution is 7.00. The number of rotatable bonds is 7. The summed E-state index contributed by atoms with van der Waals surface area (Å²) in [5.74, 6) is -1.14. The Morgan fingerprint density at radius 1 is 1.00 bits per heavy atom. The maximum Gasteiger partial charge on any atom is 0.306 e. The summed E-state index contributed by atoms with van der Waals surface area (Å²) in [6, 6.07) is 11.1. The smallest absolute Gasteiger partial charge is 0.306 e. The molecule has 7 nitrogen and oxygen atoms in total. The van der Waals surface area contributed by atoms with Crippen LogP contribution < -0.4 is 5.32 Å². The number of nitrogens with zero attached hydrogens (tertiary/aromatic N) is 2. The third kappa shape index (κ3) is 4.71. The number of ether oxygens (including phenoxy) is 1. The monoisotopic (exact) mass is 423 g/mol. The lowest BCUT2D eigenvalue weighted by atomic mass is 9.89. The number of fused-ring (bicyclic) bond motifs is 2. The second kappa shape index (κ2) is 9.13. The Kier molecular flexibility index (Phi) is 6.13. The molecule has 154 valence electrons. The van der Waals surface area contributed by atoms with Crippen molar-refractivity contribution in [3.8, 4) is 0 Å². The minimum Gasteiger partial charge on any atom is -0.456 e. The van der Waals surface area contributed by atoms with Crippen LogP contribution in [0.25, 0.3) is 11.0 Å². The highest BCUT2D eigenvalue weighted by atomic mass is 32.1. The Morgan fingerprint density at radius 2 is 1.83 bits per heavy atom. The third-order valence-electron chi connectivity index (χ3n) is 5.15. The zero-order valence-electron chi connectivity index (χ0n) is 16.3.